The molecule has 0 aromatic carbocycles. The van der Waals surface area contributed by atoms with E-state index in [1.165, 1.54) is 103 Å². The molecule has 0 saturated carbocycles. The third-order valence-corrected chi connectivity index (χ3v) is 8.02. The van der Waals surface area contributed by atoms with Gasteiger partial charge in [-0.25, -0.2) is 0 Å². The van der Waals surface area contributed by atoms with E-state index in [0.717, 1.165) is 11.8 Å². The highest BCUT2D eigenvalue weighted by Gasteiger charge is 2.38. The van der Waals surface area contributed by atoms with Gasteiger partial charge in [0.2, 0.25) is 0 Å². The molecule has 0 aliphatic carbocycles. The van der Waals surface area contributed by atoms with Crippen LogP contribution in [-0.4, -0.2) is 22.2 Å². The van der Waals surface area contributed by atoms with Crippen LogP contribution >= 0.6 is 0 Å². The highest BCUT2D eigenvalue weighted by atomic mass is 15.1. The van der Waals surface area contributed by atoms with Gasteiger partial charge in [0.25, 0.3) is 0 Å². The van der Waals surface area contributed by atoms with Gasteiger partial charge in [-0.05, 0) is 92.9 Å². The van der Waals surface area contributed by atoms with Gasteiger partial charge in [0.05, 0.1) is 0 Å². The SMILES string of the molecule is CC1(C)CC(CCCCCCCCCCCCC2CC(C)(C)NC(C)(C)C2)CC(C)(C)N1. The van der Waals surface area contributed by atoms with E-state index < -0.39 is 0 Å². The molecule has 0 atom stereocenters. The molecule has 0 amide bonds. The third-order valence-electron chi connectivity index (χ3n) is 8.02. The number of piperidine rings is 2. The molecule has 0 aromatic heterocycles. The standard InChI is InChI=1S/C30H60N2/c1-27(2)21-25(22-28(3,4)31-27)19-17-15-13-11-9-10-12-14-16-18-20-26-23-29(5,6)32-30(7,8)24-26/h25-26,31-32H,9-24H2,1-8H3. The molecule has 2 aliphatic rings. The normalized spacial score (nSPS) is 25.1. The summed E-state index contributed by atoms with van der Waals surface area (Å²) in [5.41, 5.74) is 1.25. The number of nitrogens with one attached hydrogen (secondary N) is 2. The van der Waals surface area contributed by atoms with Crippen LogP contribution in [0.15, 0.2) is 0 Å². The molecule has 0 spiro atoms. The van der Waals surface area contributed by atoms with Crippen LogP contribution in [0.5, 0.6) is 0 Å². The molecule has 0 unspecified atom stereocenters. The number of hydrogen-bond acceptors (Lipinski definition) is 2. The van der Waals surface area contributed by atoms with Crippen molar-refractivity contribution in [3.8, 4) is 0 Å². The fourth-order valence-corrected chi connectivity index (χ4v) is 7.76. The topological polar surface area (TPSA) is 24.1 Å². The molecule has 2 fully saturated rings. The smallest absolute Gasteiger partial charge is 0.0132 e. The summed E-state index contributed by atoms with van der Waals surface area (Å²) in [6.45, 7) is 19.1. The molecule has 2 saturated heterocycles. The van der Waals surface area contributed by atoms with Gasteiger partial charge in [-0.1, -0.05) is 77.0 Å². The summed E-state index contributed by atoms with van der Waals surface area (Å²) in [4.78, 5) is 0. The van der Waals surface area contributed by atoms with Crippen molar-refractivity contribution < 1.29 is 0 Å². The molecule has 0 bridgehead atoms. The predicted octanol–water partition coefficient (Wildman–Crippen LogP) is 8.78. The van der Waals surface area contributed by atoms with Gasteiger partial charge in [0.1, 0.15) is 0 Å². The molecule has 0 aromatic rings. The minimum absolute atomic E-state index is 0.313. The minimum atomic E-state index is 0.313. The summed E-state index contributed by atoms with van der Waals surface area (Å²) in [6.07, 6.45) is 22.8. The van der Waals surface area contributed by atoms with Crippen LogP contribution in [0.4, 0.5) is 0 Å². The average Bonchev–Trinajstić information content (AvgIpc) is 2.57. The lowest BCUT2D eigenvalue weighted by atomic mass is 9.74. The van der Waals surface area contributed by atoms with Gasteiger partial charge in [-0.3, -0.25) is 0 Å². The third kappa shape index (κ3) is 11.4. The van der Waals surface area contributed by atoms with Crippen LogP contribution in [-0.2, 0) is 0 Å². The summed E-state index contributed by atoms with van der Waals surface area (Å²) in [5, 5.41) is 7.65. The molecule has 2 aliphatic heterocycles. The van der Waals surface area contributed by atoms with Crippen LogP contribution in [0.2, 0.25) is 0 Å². The Kier molecular flexibility index (Phi) is 10.6. The molecular weight excluding hydrogens is 388 g/mol. The summed E-state index contributed by atoms with van der Waals surface area (Å²) in [6, 6.07) is 0. The van der Waals surface area contributed by atoms with Crippen LogP contribution in [0, 0.1) is 11.8 Å². The van der Waals surface area contributed by atoms with E-state index in [1.54, 1.807) is 0 Å². The zero-order valence-corrected chi connectivity index (χ0v) is 23.5. The number of hydrogen-bond donors (Lipinski definition) is 2. The Bertz CT molecular complexity index is 451. The summed E-state index contributed by atoms with van der Waals surface area (Å²) in [7, 11) is 0. The maximum Gasteiger partial charge on any atom is 0.0132 e. The first kappa shape index (κ1) is 28.2. The Morgan fingerprint density at radius 2 is 0.625 bits per heavy atom. The molecule has 2 heterocycles. The van der Waals surface area contributed by atoms with Crippen LogP contribution in [0.3, 0.4) is 0 Å². The largest absolute Gasteiger partial charge is 0.307 e. The maximum absolute atomic E-state index is 3.83. The fraction of sp³-hybridized carbons (Fsp3) is 1.00. The van der Waals surface area contributed by atoms with Crippen LogP contribution in [0.1, 0.15) is 158 Å². The molecule has 2 nitrogen and oxygen atoms in total. The molecule has 2 heteroatoms. The lowest BCUT2D eigenvalue weighted by molar-refractivity contribution is 0.121. The Balaban J connectivity index is 1.41. The Morgan fingerprint density at radius 3 is 0.875 bits per heavy atom. The summed E-state index contributed by atoms with van der Waals surface area (Å²) >= 11 is 0. The quantitative estimate of drug-likeness (QED) is 0.275. The molecule has 0 radical (unpaired) electrons. The second-order valence-corrected chi connectivity index (χ2v) is 14.4. The van der Waals surface area contributed by atoms with E-state index in [-0.39, 0.29) is 0 Å². The zero-order chi connectivity index (χ0) is 23.9. The van der Waals surface area contributed by atoms with E-state index in [2.05, 4.69) is 66.0 Å². The second kappa shape index (κ2) is 12.1. The second-order valence-electron chi connectivity index (χ2n) is 14.4. The highest BCUT2D eigenvalue weighted by Crippen LogP contribution is 2.36. The first-order chi connectivity index (χ1) is 14.8. The first-order valence-corrected chi connectivity index (χ1v) is 14.4. The van der Waals surface area contributed by atoms with Crippen molar-refractivity contribution in [1.82, 2.24) is 10.6 Å². The molecule has 2 N–H and O–H groups in total. The summed E-state index contributed by atoms with van der Waals surface area (Å²) < 4.78 is 0. The Labute approximate surface area is 202 Å². The predicted molar refractivity (Wildman–Crippen MR) is 143 cm³/mol. The summed E-state index contributed by atoms with van der Waals surface area (Å²) in [5.74, 6) is 1.84. The fourth-order valence-electron chi connectivity index (χ4n) is 7.76. The number of rotatable bonds is 13. The van der Waals surface area contributed by atoms with Crippen molar-refractivity contribution in [2.45, 2.75) is 180 Å². The lowest BCUT2D eigenvalue weighted by Crippen LogP contribution is -2.57. The lowest BCUT2D eigenvalue weighted by Gasteiger charge is -2.46. The van der Waals surface area contributed by atoms with E-state index in [4.69, 9.17) is 0 Å². The molecular formula is C30H60N2. The van der Waals surface area contributed by atoms with Crippen molar-refractivity contribution in [2.75, 3.05) is 0 Å². The van der Waals surface area contributed by atoms with Gasteiger partial charge in [0, 0.05) is 22.2 Å². The van der Waals surface area contributed by atoms with Crippen LogP contribution < -0.4 is 10.6 Å². The van der Waals surface area contributed by atoms with Gasteiger partial charge in [-0.2, -0.15) is 0 Å². The number of unbranched alkanes of at least 4 members (excludes halogenated alkanes) is 9. The van der Waals surface area contributed by atoms with E-state index in [1.807, 2.05) is 0 Å². The first-order valence-electron chi connectivity index (χ1n) is 14.4. The van der Waals surface area contributed by atoms with E-state index in [9.17, 15) is 0 Å². The van der Waals surface area contributed by atoms with Crippen molar-refractivity contribution in [3.05, 3.63) is 0 Å². The molecule has 190 valence electrons. The zero-order valence-electron chi connectivity index (χ0n) is 23.5. The van der Waals surface area contributed by atoms with Gasteiger partial charge >= 0.3 is 0 Å². The van der Waals surface area contributed by atoms with Crippen molar-refractivity contribution >= 4 is 0 Å². The molecule has 32 heavy (non-hydrogen) atoms. The Hall–Kier alpha value is -0.0800. The monoisotopic (exact) mass is 448 g/mol. The average molecular weight is 449 g/mol. The van der Waals surface area contributed by atoms with Crippen molar-refractivity contribution in [2.24, 2.45) is 11.8 Å². The highest BCUT2D eigenvalue weighted by molar-refractivity contribution is 4.97. The van der Waals surface area contributed by atoms with Crippen molar-refractivity contribution in [3.63, 3.8) is 0 Å². The minimum Gasteiger partial charge on any atom is -0.307 e. The van der Waals surface area contributed by atoms with E-state index >= 15 is 0 Å². The van der Waals surface area contributed by atoms with E-state index in [0.29, 0.717) is 22.2 Å². The maximum atomic E-state index is 3.83. The Morgan fingerprint density at radius 1 is 0.406 bits per heavy atom. The van der Waals surface area contributed by atoms with Gasteiger partial charge in [0.15, 0.2) is 0 Å². The molecule has 2 rings (SSSR count). The van der Waals surface area contributed by atoms with Crippen molar-refractivity contribution in [1.29, 1.82) is 0 Å². The van der Waals surface area contributed by atoms with Gasteiger partial charge < -0.3 is 10.6 Å². The van der Waals surface area contributed by atoms with Gasteiger partial charge in [-0.15, -0.1) is 0 Å². The van der Waals surface area contributed by atoms with Crippen LogP contribution in [0.25, 0.3) is 0 Å².